The number of nitrogens with one attached hydrogen (secondary N) is 1. The average molecular weight is 333 g/mol. The molecule has 0 aromatic heterocycles. The van der Waals surface area contributed by atoms with Crippen LogP contribution in [-0.2, 0) is 9.59 Å². The van der Waals surface area contributed by atoms with Crippen molar-refractivity contribution in [2.75, 3.05) is 33.2 Å². The van der Waals surface area contributed by atoms with Crippen LogP contribution in [0.15, 0.2) is 30.3 Å². The SMILES string of the molecule is CCN(CC)C(=O)CN(C)C(C)C(=O)NCC(C)c1ccccc1. The first-order valence-electron chi connectivity index (χ1n) is 8.71. The molecule has 5 heteroatoms. The van der Waals surface area contributed by atoms with Crippen LogP contribution in [0.1, 0.15) is 39.2 Å². The van der Waals surface area contributed by atoms with Crippen LogP contribution in [0.5, 0.6) is 0 Å². The Morgan fingerprint density at radius 2 is 1.67 bits per heavy atom. The standard InChI is InChI=1S/C19H31N3O2/c1-6-22(7-2)18(23)14-21(5)16(4)19(24)20-13-15(3)17-11-9-8-10-12-17/h8-12,15-16H,6-7,13-14H2,1-5H3,(H,20,24). The topological polar surface area (TPSA) is 52.7 Å². The first-order chi connectivity index (χ1) is 11.4. The van der Waals surface area contributed by atoms with E-state index in [4.69, 9.17) is 0 Å². The smallest absolute Gasteiger partial charge is 0.237 e. The molecule has 0 bridgehead atoms. The number of benzene rings is 1. The summed E-state index contributed by atoms with van der Waals surface area (Å²) in [5, 5.41) is 2.99. The van der Waals surface area contributed by atoms with E-state index >= 15 is 0 Å². The van der Waals surface area contributed by atoms with Gasteiger partial charge in [0.05, 0.1) is 12.6 Å². The minimum absolute atomic E-state index is 0.0485. The number of likely N-dealkylation sites (N-methyl/N-ethyl adjacent to an activating group) is 2. The van der Waals surface area contributed by atoms with Crippen LogP contribution in [0.2, 0.25) is 0 Å². The lowest BCUT2D eigenvalue weighted by Crippen LogP contribution is -2.48. The van der Waals surface area contributed by atoms with E-state index in [1.807, 2.05) is 46.0 Å². The van der Waals surface area contributed by atoms with E-state index in [-0.39, 0.29) is 30.3 Å². The Morgan fingerprint density at radius 3 is 2.21 bits per heavy atom. The third kappa shape index (κ3) is 5.96. The van der Waals surface area contributed by atoms with Gasteiger partial charge in [-0.25, -0.2) is 0 Å². The van der Waals surface area contributed by atoms with E-state index in [1.54, 1.807) is 9.80 Å². The molecule has 0 fully saturated rings. The predicted molar refractivity (Wildman–Crippen MR) is 97.9 cm³/mol. The monoisotopic (exact) mass is 333 g/mol. The molecule has 5 nitrogen and oxygen atoms in total. The van der Waals surface area contributed by atoms with E-state index in [1.165, 1.54) is 5.56 Å². The molecule has 1 aromatic rings. The molecule has 1 N–H and O–H groups in total. The van der Waals surface area contributed by atoms with Gasteiger partial charge in [0.15, 0.2) is 0 Å². The molecule has 0 aliphatic rings. The molecule has 0 aliphatic carbocycles. The molecule has 0 heterocycles. The fraction of sp³-hybridized carbons (Fsp3) is 0.579. The van der Waals surface area contributed by atoms with Crippen LogP contribution in [0.25, 0.3) is 0 Å². The molecule has 24 heavy (non-hydrogen) atoms. The van der Waals surface area contributed by atoms with Gasteiger partial charge in [0.1, 0.15) is 0 Å². The van der Waals surface area contributed by atoms with Crippen molar-refractivity contribution in [1.82, 2.24) is 15.1 Å². The zero-order valence-corrected chi connectivity index (χ0v) is 15.6. The molecule has 0 spiro atoms. The predicted octanol–water partition coefficient (Wildman–Crippen LogP) is 2.10. The zero-order valence-electron chi connectivity index (χ0n) is 15.6. The lowest BCUT2D eigenvalue weighted by molar-refractivity contribution is -0.133. The summed E-state index contributed by atoms with van der Waals surface area (Å²) in [6.45, 7) is 10.1. The number of nitrogens with zero attached hydrogens (tertiary/aromatic N) is 2. The summed E-state index contributed by atoms with van der Waals surface area (Å²) in [6, 6.07) is 9.78. The van der Waals surface area contributed by atoms with Gasteiger partial charge in [0, 0.05) is 19.6 Å². The van der Waals surface area contributed by atoms with Gasteiger partial charge in [0.25, 0.3) is 0 Å². The number of rotatable bonds is 9. The van der Waals surface area contributed by atoms with E-state index < -0.39 is 0 Å². The Balaban J connectivity index is 2.47. The highest BCUT2D eigenvalue weighted by atomic mass is 16.2. The Labute approximate surface area is 146 Å². The van der Waals surface area contributed by atoms with Crippen LogP contribution in [0.3, 0.4) is 0 Å². The van der Waals surface area contributed by atoms with Gasteiger partial charge in [-0.3, -0.25) is 14.5 Å². The zero-order chi connectivity index (χ0) is 18.1. The summed E-state index contributed by atoms with van der Waals surface area (Å²) in [4.78, 5) is 28.1. The molecule has 2 amide bonds. The molecule has 0 saturated heterocycles. The first kappa shape index (κ1) is 20.2. The summed E-state index contributed by atoms with van der Waals surface area (Å²) >= 11 is 0. The van der Waals surface area contributed by atoms with Gasteiger partial charge in [-0.2, -0.15) is 0 Å². The quantitative estimate of drug-likeness (QED) is 0.753. The lowest BCUT2D eigenvalue weighted by Gasteiger charge is -2.27. The number of hydrogen-bond acceptors (Lipinski definition) is 3. The van der Waals surface area contributed by atoms with Crippen molar-refractivity contribution in [3.8, 4) is 0 Å². The Bertz CT molecular complexity index is 515. The Hall–Kier alpha value is -1.88. The fourth-order valence-corrected chi connectivity index (χ4v) is 2.53. The van der Waals surface area contributed by atoms with Crippen molar-refractivity contribution in [3.05, 3.63) is 35.9 Å². The highest BCUT2D eigenvalue weighted by molar-refractivity contribution is 5.83. The molecule has 1 rings (SSSR count). The fourth-order valence-electron chi connectivity index (χ4n) is 2.53. The van der Waals surface area contributed by atoms with Gasteiger partial charge in [-0.1, -0.05) is 37.3 Å². The third-order valence-corrected chi connectivity index (χ3v) is 4.49. The maximum absolute atomic E-state index is 12.3. The average Bonchev–Trinajstić information content (AvgIpc) is 2.60. The molecule has 1 aromatic carbocycles. The molecule has 134 valence electrons. The van der Waals surface area contributed by atoms with Crippen molar-refractivity contribution in [2.24, 2.45) is 0 Å². The number of amides is 2. The second kappa shape index (κ2) is 10.1. The molecule has 2 unspecified atom stereocenters. The molecular formula is C19H31N3O2. The molecule has 2 atom stereocenters. The molecular weight excluding hydrogens is 302 g/mol. The van der Waals surface area contributed by atoms with Crippen molar-refractivity contribution in [3.63, 3.8) is 0 Å². The van der Waals surface area contributed by atoms with Crippen LogP contribution in [0, 0.1) is 0 Å². The minimum atomic E-state index is -0.340. The van der Waals surface area contributed by atoms with Gasteiger partial charge >= 0.3 is 0 Å². The summed E-state index contributed by atoms with van der Waals surface area (Å²) in [7, 11) is 1.81. The summed E-state index contributed by atoms with van der Waals surface area (Å²) < 4.78 is 0. The number of hydrogen-bond donors (Lipinski definition) is 1. The minimum Gasteiger partial charge on any atom is -0.354 e. The van der Waals surface area contributed by atoms with Crippen LogP contribution in [0.4, 0.5) is 0 Å². The van der Waals surface area contributed by atoms with Crippen LogP contribution in [-0.4, -0.2) is 60.9 Å². The normalized spacial score (nSPS) is 13.4. The summed E-state index contributed by atoms with van der Waals surface area (Å²) in [6.07, 6.45) is 0. The maximum Gasteiger partial charge on any atom is 0.237 e. The first-order valence-corrected chi connectivity index (χ1v) is 8.71. The maximum atomic E-state index is 12.3. The summed E-state index contributed by atoms with van der Waals surface area (Å²) in [5.74, 6) is 0.261. The van der Waals surface area contributed by atoms with Crippen molar-refractivity contribution >= 4 is 11.8 Å². The highest BCUT2D eigenvalue weighted by Crippen LogP contribution is 2.13. The van der Waals surface area contributed by atoms with E-state index in [2.05, 4.69) is 24.4 Å². The van der Waals surface area contributed by atoms with Gasteiger partial charge in [0.2, 0.25) is 11.8 Å². The van der Waals surface area contributed by atoms with E-state index in [0.29, 0.717) is 19.6 Å². The highest BCUT2D eigenvalue weighted by Gasteiger charge is 2.22. The molecule has 0 radical (unpaired) electrons. The largest absolute Gasteiger partial charge is 0.354 e. The molecule has 0 aliphatic heterocycles. The van der Waals surface area contributed by atoms with Crippen molar-refractivity contribution < 1.29 is 9.59 Å². The summed E-state index contributed by atoms with van der Waals surface area (Å²) in [5.41, 5.74) is 1.20. The molecule has 0 saturated carbocycles. The van der Waals surface area contributed by atoms with Crippen molar-refractivity contribution in [1.29, 1.82) is 0 Å². The van der Waals surface area contributed by atoms with E-state index in [0.717, 1.165) is 0 Å². The van der Waals surface area contributed by atoms with Crippen molar-refractivity contribution in [2.45, 2.75) is 39.7 Å². The van der Waals surface area contributed by atoms with Gasteiger partial charge in [-0.15, -0.1) is 0 Å². The van der Waals surface area contributed by atoms with Gasteiger partial charge < -0.3 is 10.2 Å². The Morgan fingerprint density at radius 1 is 1.08 bits per heavy atom. The second-order valence-electron chi connectivity index (χ2n) is 6.21. The lowest BCUT2D eigenvalue weighted by atomic mass is 10.0. The van der Waals surface area contributed by atoms with E-state index in [9.17, 15) is 9.59 Å². The third-order valence-electron chi connectivity index (χ3n) is 4.49. The van der Waals surface area contributed by atoms with Crippen LogP contribution < -0.4 is 5.32 Å². The number of carbonyl (C=O) groups is 2. The number of carbonyl (C=O) groups excluding carboxylic acids is 2. The van der Waals surface area contributed by atoms with Gasteiger partial charge in [-0.05, 0) is 39.3 Å². The second-order valence-corrected chi connectivity index (χ2v) is 6.21. The Kier molecular flexibility index (Phi) is 8.47. The van der Waals surface area contributed by atoms with Crippen LogP contribution >= 0.6 is 0 Å².